The van der Waals surface area contributed by atoms with Crippen LogP contribution in [0.25, 0.3) is 0 Å². The number of nitrogens with zero attached hydrogens (tertiary/aromatic N) is 1. The molecule has 3 aliphatic carbocycles. The topological polar surface area (TPSA) is 125 Å². The molecule has 0 aromatic heterocycles. The molecule has 9 heteroatoms. The molecule has 1 spiro atoms. The molecule has 39 heavy (non-hydrogen) atoms. The molecule has 0 bridgehead atoms. The van der Waals surface area contributed by atoms with Gasteiger partial charge in [-0.1, -0.05) is 24.3 Å². The summed E-state index contributed by atoms with van der Waals surface area (Å²) in [5.41, 5.74) is 2.33. The zero-order valence-electron chi connectivity index (χ0n) is 22.4. The lowest BCUT2D eigenvalue weighted by Gasteiger charge is -2.41. The first-order chi connectivity index (χ1) is 18.8. The minimum absolute atomic E-state index is 0.00661. The van der Waals surface area contributed by atoms with Gasteiger partial charge in [0, 0.05) is 25.0 Å². The maximum Gasteiger partial charge on any atom is 0.289 e. The Balaban J connectivity index is 1.22. The van der Waals surface area contributed by atoms with Crippen molar-refractivity contribution in [2.75, 3.05) is 13.1 Å². The van der Waals surface area contributed by atoms with E-state index in [0.717, 1.165) is 56.9 Å². The normalized spacial score (nSPS) is 27.7. The minimum atomic E-state index is -1.10. The summed E-state index contributed by atoms with van der Waals surface area (Å²) in [5.74, 6) is -2.72. The zero-order chi connectivity index (χ0) is 27.1. The molecular formula is C30H38N4O5. The van der Waals surface area contributed by atoms with E-state index >= 15 is 0 Å². The van der Waals surface area contributed by atoms with Crippen LogP contribution in [0.2, 0.25) is 0 Å². The Bertz CT molecular complexity index is 1190. The van der Waals surface area contributed by atoms with Gasteiger partial charge in [0.05, 0.1) is 12.0 Å². The van der Waals surface area contributed by atoms with E-state index in [4.69, 9.17) is 0 Å². The molecule has 2 saturated carbocycles. The van der Waals surface area contributed by atoms with Crippen molar-refractivity contribution in [2.24, 2.45) is 11.3 Å². The molecule has 4 fully saturated rings. The van der Waals surface area contributed by atoms with Gasteiger partial charge in [-0.2, -0.15) is 0 Å². The van der Waals surface area contributed by atoms with E-state index in [1.54, 1.807) is 4.90 Å². The lowest BCUT2D eigenvalue weighted by molar-refractivity contribution is -0.147. The highest BCUT2D eigenvalue weighted by Crippen LogP contribution is 2.55. The van der Waals surface area contributed by atoms with Crippen LogP contribution in [0.5, 0.6) is 0 Å². The third-order valence-electron chi connectivity index (χ3n) is 9.55. The Labute approximate surface area is 228 Å². The summed E-state index contributed by atoms with van der Waals surface area (Å²) in [6.07, 6.45) is 8.48. The fourth-order valence-corrected chi connectivity index (χ4v) is 6.77. The Morgan fingerprint density at radius 3 is 2.56 bits per heavy atom. The summed E-state index contributed by atoms with van der Waals surface area (Å²) < 4.78 is 0. The first-order valence-electron chi connectivity index (χ1n) is 14.6. The second-order valence-electron chi connectivity index (χ2n) is 12.3. The van der Waals surface area contributed by atoms with Crippen molar-refractivity contribution in [1.82, 2.24) is 20.9 Å². The molecule has 1 aromatic carbocycles. The average molecular weight is 535 g/mol. The van der Waals surface area contributed by atoms with Gasteiger partial charge in [-0.3, -0.25) is 24.0 Å². The van der Waals surface area contributed by atoms with Crippen molar-refractivity contribution >= 4 is 29.4 Å². The average Bonchev–Trinajstić information content (AvgIpc) is 3.87. The van der Waals surface area contributed by atoms with Crippen LogP contribution in [0, 0.1) is 11.3 Å². The highest BCUT2D eigenvalue weighted by atomic mass is 16.2. The predicted molar refractivity (Wildman–Crippen MR) is 142 cm³/mol. The predicted octanol–water partition coefficient (Wildman–Crippen LogP) is 1.74. The van der Waals surface area contributed by atoms with Crippen molar-refractivity contribution in [3.05, 3.63) is 35.4 Å². The van der Waals surface area contributed by atoms with E-state index in [0.29, 0.717) is 25.9 Å². The second kappa shape index (κ2) is 10.4. The molecule has 3 N–H and O–H groups in total. The lowest BCUT2D eigenvalue weighted by Crippen LogP contribution is -2.58. The van der Waals surface area contributed by atoms with Gasteiger partial charge in [0.2, 0.25) is 23.5 Å². The highest BCUT2D eigenvalue weighted by Gasteiger charge is 2.52. The van der Waals surface area contributed by atoms with Crippen LogP contribution < -0.4 is 16.0 Å². The number of benzene rings is 1. The van der Waals surface area contributed by atoms with Crippen LogP contribution in [-0.4, -0.2) is 65.5 Å². The number of Topliss-reactive ketones (excluding diaryl/α,β-unsaturated/α-hetero) is 1. The third kappa shape index (κ3) is 5.45. The molecular weight excluding hydrogens is 496 g/mol. The Morgan fingerprint density at radius 1 is 1.05 bits per heavy atom. The quantitative estimate of drug-likeness (QED) is 0.438. The number of rotatable bonds is 8. The van der Waals surface area contributed by atoms with Gasteiger partial charge < -0.3 is 20.9 Å². The molecule has 0 radical (unpaired) electrons. The maximum absolute atomic E-state index is 14.0. The van der Waals surface area contributed by atoms with Crippen LogP contribution in [0.15, 0.2) is 24.3 Å². The van der Waals surface area contributed by atoms with Crippen LogP contribution in [-0.2, 0) is 30.4 Å². The second-order valence-corrected chi connectivity index (χ2v) is 12.3. The zero-order valence-corrected chi connectivity index (χ0v) is 22.4. The molecule has 4 amide bonds. The standard InChI is InChI=1S/C30H38N4O5/c35-25(28(38)32-20-8-9-20)23(16-19-10-14-31-26(19)36)33-27(37)24-17-30(11-12-30)13-15-34(24)29(39)22-7-3-5-18-4-1-2-6-21(18)22/h1-2,4,6,19-20,22-24H,3,5,7-17H2,(H,31,36)(H,32,38)(H,33,37). The van der Waals surface area contributed by atoms with Crippen molar-refractivity contribution in [3.63, 3.8) is 0 Å². The number of carbonyl (C=O) groups is 5. The molecule has 2 heterocycles. The Hall–Kier alpha value is -3.23. The molecule has 2 aliphatic heterocycles. The maximum atomic E-state index is 14.0. The van der Waals surface area contributed by atoms with Gasteiger partial charge in [-0.25, -0.2) is 0 Å². The van der Waals surface area contributed by atoms with Crippen molar-refractivity contribution in [1.29, 1.82) is 0 Å². The van der Waals surface area contributed by atoms with Crippen LogP contribution in [0.1, 0.15) is 81.3 Å². The van der Waals surface area contributed by atoms with Gasteiger partial charge in [0.25, 0.3) is 5.91 Å². The van der Waals surface area contributed by atoms with Crippen LogP contribution in [0.4, 0.5) is 0 Å². The SMILES string of the molecule is O=C(NC1CC1)C(=O)C(CC1CCNC1=O)NC(=O)C1CC2(CCN1C(=O)C1CCCc3ccccc31)CC2. The largest absolute Gasteiger partial charge is 0.356 e. The molecule has 5 aliphatic rings. The van der Waals surface area contributed by atoms with E-state index in [9.17, 15) is 24.0 Å². The molecule has 4 unspecified atom stereocenters. The van der Waals surface area contributed by atoms with E-state index < -0.39 is 35.6 Å². The van der Waals surface area contributed by atoms with E-state index in [2.05, 4.69) is 22.0 Å². The van der Waals surface area contributed by atoms with E-state index in [1.807, 2.05) is 18.2 Å². The number of hydrogen-bond acceptors (Lipinski definition) is 5. The third-order valence-corrected chi connectivity index (χ3v) is 9.55. The van der Waals surface area contributed by atoms with E-state index in [-0.39, 0.29) is 35.6 Å². The van der Waals surface area contributed by atoms with Crippen LogP contribution >= 0.6 is 0 Å². The van der Waals surface area contributed by atoms with Crippen molar-refractivity contribution in [2.45, 2.75) is 94.7 Å². The molecule has 4 atom stereocenters. The summed E-state index contributed by atoms with van der Waals surface area (Å²) in [6.45, 7) is 1.03. The summed E-state index contributed by atoms with van der Waals surface area (Å²) in [4.78, 5) is 67.8. The van der Waals surface area contributed by atoms with Crippen molar-refractivity contribution < 1.29 is 24.0 Å². The van der Waals surface area contributed by atoms with Gasteiger partial charge in [-0.15, -0.1) is 0 Å². The fraction of sp³-hybridized carbons (Fsp3) is 0.633. The van der Waals surface area contributed by atoms with Gasteiger partial charge >= 0.3 is 0 Å². The first-order valence-corrected chi connectivity index (χ1v) is 14.6. The highest BCUT2D eigenvalue weighted by molar-refractivity contribution is 6.38. The first kappa shape index (κ1) is 26.0. The Morgan fingerprint density at radius 2 is 1.85 bits per heavy atom. The van der Waals surface area contributed by atoms with Crippen molar-refractivity contribution in [3.8, 4) is 0 Å². The number of ketones is 1. The number of aryl methyl sites for hydroxylation is 1. The number of amides is 4. The summed E-state index contributed by atoms with van der Waals surface area (Å²) in [5, 5.41) is 8.35. The summed E-state index contributed by atoms with van der Waals surface area (Å²) in [7, 11) is 0. The number of fused-ring (bicyclic) bond motifs is 1. The number of hydrogen-bond donors (Lipinski definition) is 3. The smallest absolute Gasteiger partial charge is 0.289 e. The molecule has 6 rings (SSSR count). The van der Waals surface area contributed by atoms with Gasteiger partial charge in [-0.05, 0) is 87.2 Å². The molecule has 208 valence electrons. The van der Waals surface area contributed by atoms with E-state index in [1.165, 1.54) is 5.56 Å². The fourth-order valence-electron chi connectivity index (χ4n) is 6.77. The number of piperidine rings is 1. The number of nitrogens with one attached hydrogen (secondary N) is 3. The summed E-state index contributed by atoms with van der Waals surface area (Å²) >= 11 is 0. The Kier molecular flexibility index (Phi) is 6.93. The van der Waals surface area contributed by atoms with Gasteiger partial charge in [0.1, 0.15) is 6.04 Å². The number of likely N-dealkylation sites (tertiary alicyclic amines) is 1. The molecule has 2 saturated heterocycles. The monoisotopic (exact) mass is 534 g/mol. The summed E-state index contributed by atoms with van der Waals surface area (Å²) in [6, 6.07) is 6.28. The minimum Gasteiger partial charge on any atom is -0.356 e. The van der Waals surface area contributed by atoms with Crippen LogP contribution in [0.3, 0.4) is 0 Å². The molecule has 9 nitrogen and oxygen atoms in total. The lowest BCUT2D eigenvalue weighted by atomic mass is 9.80. The molecule has 1 aromatic rings. The van der Waals surface area contributed by atoms with Gasteiger partial charge in [0.15, 0.2) is 0 Å². The number of carbonyl (C=O) groups excluding carboxylic acids is 5.